The normalized spacial score (nSPS) is 15.2. The third-order valence-electron chi connectivity index (χ3n) is 5.14. The number of ether oxygens (including phenoxy) is 1. The molecule has 1 heterocycles. The van der Waals surface area contributed by atoms with Crippen molar-refractivity contribution in [3.8, 4) is 5.75 Å². The molecule has 0 aromatic heterocycles. The minimum Gasteiger partial charge on any atom is -0.489 e. The maximum atomic E-state index is 12.4. The monoisotopic (exact) mass is 381 g/mol. The zero-order valence-electron chi connectivity index (χ0n) is 16.5. The molecule has 28 heavy (non-hydrogen) atoms. The lowest BCUT2D eigenvalue weighted by atomic mass is 10.1. The lowest BCUT2D eigenvalue weighted by Crippen LogP contribution is -2.46. The Labute approximate surface area is 167 Å². The summed E-state index contributed by atoms with van der Waals surface area (Å²) >= 11 is 0. The molecule has 0 spiro atoms. The lowest BCUT2D eigenvalue weighted by molar-refractivity contribution is -0.133. The van der Waals surface area contributed by atoms with Crippen LogP contribution in [0.1, 0.15) is 36.8 Å². The van der Waals surface area contributed by atoms with E-state index < -0.39 is 6.04 Å². The van der Waals surface area contributed by atoms with Crippen molar-refractivity contribution in [3.63, 3.8) is 0 Å². The number of piperidine rings is 1. The van der Waals surface area contributed by atoms with Gasteiger partial charge in [0, 0.05) is 25.2 Å². The van der Waals surface area contributed by atoms with Gasteiger partial charge in [-0.3, -0.25) is 4.79 Å². The minimum absolute atomic E-state index is 0.0908. The Morgan fingerprint density at radius 1 is 1.04 bits per heavy atom. The second-order valence-corrected chi connectivity index (χ2v) is 7.34. The van der Waals surface area contributed by atoms with Gasteiger partial charge >= 0.3 is 0 Å². The van der Waals surface area contributed by atoms with E-state index in [-0.39, 0.29) is 5.91 Å². The standard InChI is InChI=1S/C23H31N3O2/c24-21(23(27)26-15-7-2-8-16-26)13-14-25-17-20-11-5-6-12-22(20)28-18-19-9-3-1-4-10-19/h1,3-6,9-12,21,25H,2,7-8,13-18,24H2/t21-/m0/s1. The number of para-hydroxylation sites is 1. The van der Waals surface area contributed by atoms with Crippen LogP contribution in [0.15, 0.2) is 54.6 Å². The van der Waals surface area contributed by atoms with Crippen LogP contribution in [-0.2, 0) is 17.9 Å². The number of likely N-dealkylation sites (tertiary alicyclic amines) is 1. The zero-order valence-corrected chi connectivity index (χ0v) is 16.5. The molecule has 1 aliphatic rings. The summed E-state index contributed by atoms with van der Waals surface area (Å²) in [6.07, 6.45) is 4.04. The number of nitrogens with zero attached hydrogens (tertiary/aromatic N) is 1. The first kappa shape index (κ1) is 20.4. The van der Waals surface area contributed by atoms with Crippen LogP contribution >= 0.6 is 0 Å². The summed E-state index contributed by atoms with van der Waals surface area (Å²) in [6.45, 7) is 3.65. The summed E-state index contributed by atoms with van der Waals surface area (Å²) in [6, 6.07) is 17.8. The average Bonchev–Trinajstić information content (AvgIpc) is 2.76. The van der Waals surface area contributed by atoms with E-state index in [1.807, 2.05) is 41.3 Å². The highest BCUT2D eigenvalue weighted by atomic mass is 16.5. The number of hydrogen-bond acceptors (Lipinski definition) is 4. The van der Waals surface area contributed by atoms with Crippen molar-refractivity contribution in [2.75, 3.05) is 19.6 Å². The highest BCUT2D eigenvalue weighted by Gasteiger charge is 2.22. The van der Waals surface area contributed by atoms with E-state index in [0.29, 0.717) is 26.1 Å². The summed E-state index contributed by atoms with van der Waals surface area (Å²) in [5.74, 6) is 0.973. The molecule has 1 aliphatic heterocycles. The highest BCUT2D eigenvalue weighted by molar-refractivity contribution is 5.81. The Hall–Kier alpha value is -2.37. The van der Waals surface area contributed by atoms with Crippen LogP contribution in [-0.4, -0.2) is 36.5 Å². The quantitative estimate of drug-likeness (QED) is 0.655. The Kier molecular flexibility index (Phi) is 7.88. The molecule has 2 aromatic carbocycles. The molecular formula is C23H31N3O2. The summed E-state index contributed by atoms with van der Waals surface area (Å²) in [4.78, 5) is 14.3. The third-order valence-corrected chi connectivity index (χ3v) is 5.14. The van der Waals surface area contributed by atoms with Crippen molar-refractivity contribution in [1.29, 1.82) is 0 Å². The van der Waals surface area contributed by atoms with Crippen LogP contribution in [0.3, 0.4) is 0 Å². The number of benzene rings is 2. The van der Waals surface area contributed by atoms with E-state index in [0.717, 1.165) is 42.8 Å². The smallest absolute Gasteiger partial charge is 0.239 e. The average molecular weight is 382 g/mol. The van der Waals surface area contributed by atoms with Gasteiger partial charge in [0.25, 0.3) is 0 Å². The number of nitrogens with one attached hydrogen (secondary N) is 1. The van der Waals surface area contributed by atoms with Crippen molar-refractivity contribution < 1.29 is 9.53 Å². The maximum absolute atomic E-state index is 12.4. The zero-order chi connectivity index (χ0) is 19.6. The molecular weight excluding hydrogens is 350 g/mol. The van der Waals surface area contributed by atoms with Crippen molar-refractivity contribution >= 4 is 5.91 Å². The number of hydrogen-bond donors (Lipinski definition) is 2. The first-order valence-electron chi connectivity index (χ1n) is 10.2. The summed E-state index contributed by atoms with van der Waals surface area (Å²) < 4.78 is 5.99. The van der Waals surface area contributed by atoms with E-state index in [2.05, 4.69) is 23.5 Å². The van der Waals surface area contributed by atoms with Crippen LogP contribution in [0.5, 0.6) is 5.75 Å². The predicted molar refractivity (Wildman–Crippen MR) is 112 cm³/mol. The fraction of sp³-hybridized carbons (Fsp3) is 0.435. The number of amides is 1. The van der Waals surface area contributed by atoms with E-state index in [1.54, 1.807) is 0 Å². The second-order valence-electron chi connectivity index (χ2n) is 7.34. The fourth-order valence-corrected chi connectivity index (χ4v) is 3.48. The van der Waals surface area contributed by atoms with E-state index in [9.17, 15) is 4.79 Å². The van der Waals surface area contributed by atoms with Crippen molar-refractivity contribution in [2.24, 2.45) is 5.73 Å². The van der Waals surface area contributed by atoms with Crippen molar-refractivity contribution in [1.82, 2.24) is 10.2 Å². The van der Waals surface area contributed by atoms with Gasteiger partial charge in [-0.15, -0.1) is 0 Å². The Morgan fingerprint density at radius 3 is 2.54 bits per heavy atom. The topological polar surface area (TPSA) is 67.6 Å². The molecule has 0 bridgehead atoms. The molecule has 0 unspecified atom stereocenters. The van der Waals surface area contributed by atoms with Crippen LogP contribution in [0.4, 0.5) is 0 Å². The molecule has 5 nitrogen and oxygen atoms in total. The molecule has 3 rings (SSSR count). The highest BCUT2D eigenvalue weighted by Crippen LogP contribution is 2.19. The molecule has 1 saturated heterocycles. The lowest BCUT2D eigenvalue weighted by Gasteiger charge is -2.29. The van der Waals surface area contributed by atoms with Gasteiger partial charge in [0.15, 0.2) is 0 Å². The Morgan fingerprint density at radius 2 is 1.75 bits per heavy atom. The number of carbonyl (C=O) groups is 1. The van der Waals surface area contributed by atoms with E-state index in [1.165, 1.54) is 6.42 Å². The molecule has 1 atom stereocenters. The minimum atomic E-state index is -0.421. The van der Waals surface area contributed by atoms with Gasteiger partial charge in [0.2, 0.25) is 5.91 Å². The summed E-state index contributed by atoms with van der Waals surface area (Å²) in [5, 5.41) is 3.40. The third kappa shape index (κ3) is 6.08. The predicted octanol–water partition coefficient (Wildman–Crippen LogP) is 3.09. The van der Waals surface area contributed by atoms with Crippen LogP contribution in [0.25, 0.3) is 0 Å². The van der Waals surface area contributed by atoms with Gasteiger partial charge in [-0.05, 0) is 43.9 Å². The van der Waals surface area contributed by atoms with Gasteiger partial charge in [0.1, 0.15) is 12.4 Å². The first-order chi connectivity index (χ1) is 13.7. The maximum Gasteiger partial charge on any atom is 0.239 e. The molecule has 1 amide bonds. The first-order valence-corrected chi connectivity index (χ1v) is 10.2. The molecule has 0 aliphatic carbocycles. The molecule has 3 N–H and O–H groups in total. The molecule has 0 saturated carbocycles. The molecule has 5 heteroatoms. The van der Waals surface area contributed by atoms with Crippen LogP contribution in [0, 0.1) is 0 Å². The Bertz CT molecular complexity index is 730. The van der Waals surface area contributed by atoms with Gasteiger partial charge in [-0.25, -0.2) is 0 Å². The van der Waals surface area contributed by atoms with Crippen LogP contribution < -0.4 is 15.8 Å². The van der Waals surface area contributed by atoms with Gasteiger partial charge in [-0.1, -0.05) is 48.5 Å². The van der Waals surface area contributed by atoms with E-state index >= 15 is 0 Å². The van der Waals surface area contributed by atoms with Crippen molar-refractivity contribution in [2.45, 2.75) is 44.9 Å². The van der Waals surface area contributed by atoms with Crippen molar-refractivity contribution in [3.05, 3.63) is 65.7 Å². The second kappa shape index (κ2) is 10.8. The molecule has 0 radical (unpaired) electrons. The summed E-state index contributed by atoms with van der Waals surface area (Å²) in [7, 11) is 0. The molecule has 1 fully saturated rings. The fourth-order valence-electron chi connectivity index (χ4n) is 3.48. The van der Waals surface area contributed by atoms with Gasteiger partial charge < -0.3 is 20.7 Å². The number of carbonyl (C=O) groups excluding carboxylic acids is 1. The van der Waals surface area contributed by atoms with Gasteiger partial charge in [0.05, 0.1) is 6.04 Å². The molecule has 150 valence electrons. The Balaban J connectivity index is 1.42. The number of rotatable bonds is 9. The van der Waals surface area contributed by atoms with Crippen LogP contribution in [0.2, 0.25) is 0 Å². The summed E-state index contributed by atoms with van der Waals surface area (Å²) in [5.41, 5.74) is 8.37. The largest absolute Gasteiger partial charge is 0.489 e. The SMILES string of the molecule is N[C@@H](CCNCc1ccccc1OCc1ccccc1)C(=O)N1CCCCC1. The van der Waals surface area contributed by atoms with Gasteiger partial charge in [-0.2, -0.15) is 0 Å². The number of nitrogens with two attached hydrogens (primary N) is 1. The van der Waals surface area contributed by atoms with E-state index in [4.69, 9.17) is 10.5 Å². The molecule has 2 aromatic rings.